The third kappa shape index (κ3) is 3.56. The molecule has 0 unspecified atom stereocenters. The summed E-state index contributed by atoms with van der Waals surface area (Å²) in [7, 11) is 0. The predicted octanol–water partition coefficient (Wildman–Crippen LogP) is 3.29. The minimum atomic E-state index is -0.163. The summed E-state index contributed by atoms with van der Waals surface area (Å²) in [6.45, 7) is 2.36. The van der Waals surface area contributed by atoms with Crippen LogP contribution in [0.25, 0.3) is 0 Å². The number of anilines is 1. The van der Waals surface area contributed by atoms with Crippen molar-refractivity contribution in [1.29, 1.82) is 0 Å². The number of amides is 2. The van der Waals surface area contributed by atoms with Crippen LogP contribution in [0.1, 0.15) is 41.7 Å². The van der Waals surface area contributed by atoms with Crippen LogP contribution in [-0.4, -0.2) is 18.4 Å². The highest BCUT2D eigenvalue weighted by atomic mass is 16.5. The van der Waals surface area contributed by atoms with Gasteiger partial charge in [0.15, 0.2) is 0 Å². The molecule has 0 aromatic heterocycles. The molecular formula is C19H20N2O3. The first-order chi connectivity index (χ1) is 11.7. The number of ether oxygens (including phenoxy) is 1. The first-order valence-electron chi connectivity index (χ1n) is 8.10. The Morgan fingerprint density at radius 2 is 2.00 bits per heavy atom. The van der Waals surface area contributed by atoms with Crippen LogP contribution in [0, 0.1) is 0 Å². The van der Waals surface area contributed by atoms with Gasteiger partial charge in [-0.25, -0.2) is 0 Å². The van der Waals surface area contributed by atoms with E-state index in [0.29, 0.717) is 24.3 Å². The number of rotatable bonds is 4. The number of carbonyl (C=O) groups is 2. The minimum absolute atomic E-state index is 0.0728. The minimum Gasteiger partial charge on any atom is -0.493 e. The Labute approximate surface area is 141 Å². The molecule has 0 fully saturated rings. The Hall–Kier alpha value is -2.82. The quantitative estimate of drug-likeness (QED) is 0.907. The second kappa shape index (κ2) is 7.17. The van der Waals surface area contributed by atoms with E-state index in [-0.39, 0.29) is 17.9 Å². The van der Waals surface area contributed by atoms with Gasteiger partial charge in [0, 0.05) is 29.7 Å². The first-order valence-corrected chi connectivity index (χ1v) is 8.10. The van der Waals surface area contributed by atoms with E-state index in [1.54, 1.807) is 31.2 Å². The smallest absolute Gasteiger partial charge is 0.251 e. The Morgan fingerprint density at radius 1 is 1.17 bits per heavy atom. The van der Waals surface area contributed by atoms with Gasteiger partial charge in [0.25, 0.3) is 5.91 Å². The van der Waals surface area contributed by atoms with Crippen molar-refractivity contribution in [3.63, 3.8) is 0 Å². The van der Waals surface area contributed by atoms with E-state index in [1.165, 1.54) is 0 Å². The van der Waals surface area contributed by atoms with Crippen molar-refractivity contribution < 1.29 is 14.3 Å². The van der Waals surface area contributed by atoms with Gasteiger partial charge in [0.05, 0.1) is 12.6 Å². The van der Waals surface area contributed by atoms with Gasteiger partial charge in [-0.15, -0.1) is 0 Å². The Morgan fingerprint density at radius 3 is 2.83 bits per heavy atom. The van der Waals surface area contributed by atoms with Crippen molar-refractivity contribution in [2.75, 3.05) is 11.9 Å². The number of nitrogens with one attached hydrogen (secondary N) is 2. The molecule has 2 N–H and O–H groups in total. The standard InChI is InChI=1S/C19H20N2O3/c1-2-18(22)20-14-7-5-6-13(12-14)19(23)21-16-10-11-24-17-9-4-3-8-15(16)17/h3-9,12,16H,2,10-11H2,1H3,(H,20,22)(H,21,23)/t16-/m1/s1. The van der Waals surface area contributed by atoms with Crippen molar-refractivity contribution in [3.05, 3.63) is 59.7 Å². The molecule has 0 spiro atoms. The van der Waals surface area contributed by atoms with Crippen molar-refractivity contribution in [2.45, 2.75) is 25.8 Å². The maximum Gasteiger partial charge on any atom is 0.251 e. The van der Waals surface area contributed by atoms with Crippen LogP contribution in [0.4, 0.5) is 5.69 Å². The highest BCUT2D eigenvalue weighted by Gasteiger charge is 2.23. The molecule has 2 aromatic rings. The molecule has 3 rings (SSSR count). The van der Waals surface area contributed by atoms with Crippen LogP contribution in [-0.2, 0) is 4.79 Å². The molecule has 1 atom stereocenters. The largest absolute Gasteiger partial charge is 0.493 e. The molecule has 0 bridgehead atoms. The second-order valence-corrected chi connectivity index (χ2v) is 5.68. The van der Waals surface area contributed by atoms with Crippen LogP contribution < -0.4 is 15.4 Å². The summed E-state index contributed by atoms with van der Waals surface area (Å²) in [5.41, 5.74) is 2.14. The van der Waals surface area contributed by atoms with Crippen molar-refractivity contribution in [1.82, 2.24) is 5.32 Å². The SMILES string of the molecule is CCC(=O)Nc1cccc(C(=O)N[C@@H]2CCOc3ccccc32)c1. The number of para-hydroxylation sites is 1. The normalized spacial score (nSPS) is 15.8. The molecule has 0 saturated heterocycles. The molecule has 24 heavy (non-hydrogen) atoms. The predicted molar refractivity (Wildman–Crippen MR) is 92.1 cm³/mol. The van der Waals surface area contributed by atoms with Crippen molar-refractivity contribution in [3.8, 4) is 5.75 Å². The van der Waals surface area contributed by atoms with Crippen LogP contribution in [0.5, 0.6) is 5.75 Å². The third-order valence-corrected chi connectivity index (χ3v) is 3.99. The number of benzene rings is 2. The summed E-state index contributed by atoms with van der Waals surface area (Å²) in [6.07, 6.45) is 1.13. The highest BCUT2D eigenvalue weighted by molar-refractivity contribution is 5.97. The summed E-state index contributed by atoms with van der Waals surface area (Å²) in [5.74, 6) is 0.577. The van der Waals surface area contributed by atoms with E-state index in [0.717, 1.165) is 17.7 Å². The maximum absolute atomic E-state index is 12.6. The van der Waals surface area contributed by atoms with Gasteiger partial charge >= 0.3 is 0 Å². The summed E-state index contributed by atoms with van der Waals surface area (Å²) in [4.78, 5) is 24.1. The summed E-state index contributed by atoms with van der Waals surface area (Å²) in [5, 5.41) is 5.82. The lowest BCUT2D eigenvalue weighted by atomic mass is 10.00. The number of fused-ring (bicyclic) bond motifs is 1. The monoisotopic (exact) mass is 324 g/mol. The number of hydrogen-bond acceptors (Lipinski definition) is 3. The molecule has 0 saturated carbocycles. The molecule has 5 heteroatoms. The topological polar surface area (TPSA) is 67.4 Å². The molecular weight excluding hydrogens is 304 g/mol. The molecule has 0 aliphatic carbocycles. The Balaban J connectivity index is 1.74. The summed E-state index contributed by atoms with van der Waals surface area (Å²) in [6, 6.07) is 14.6. The molecule has 2 aromatic carbocycles. The molecule has 124 valence electrons. The lowest BCUT2D eigenvalue weighted by Gasteiger charge is -2.26. The maximum atomic E-state index is 12.6. The fraction of sp³-hybridized carbons (Fsp3) is 0.263. The highest BCUT2D eigenvalue weighted by Crippen LogP contribution is 2.31. The summed E-state index contributed by atoms with van der Waals surface area (Å²) >= 11 is 0. The van der Waals surface area contributed by atoms with Crippen molar-refractivity contribution >= 4 is 17.5 Å². The zero-order valence-electron chi connectivity index (χ0n) is 13.5. The van der Waals surface area contributed by atoms with Gasteiger partial charge in [0.1, 0.15) is 5.75 Å². The molecule has 5 nitrogen and oxygen atoms in total. The fourth-order valence-corrected chi connectivity index (χ4v) is 2.72. The molecule has 1 heterocycles. The van der Waals surface area contributed by atoms with Gasteiger partial charge in [-0.05, 0) is 24.3 Å². The van der Waals surface area contributed by atoms with E-state index < -0.39 is 0 Å². The van der Waals surface area contributed by atoms with Crippen LogP contribution in [0.15, 0.2) is 48.5 Å². The van der Waals surface area contributed by atoms with E-state index in [9.17, 15) is 9.59 Å². The third-order valence-electron chi connectivity index (χ3n) is 3.99. The molecule has 0 radical (unpaired) electrons. The summed E-state index contributed by atoms with van der Waals surface area (Å²) < 4.78 is 5.62. The van der Waals surface area contributed by atoms with E-state index in [2.05, 4.69) is 10.6 Å². The lowest BCUT2D eigenvalue weighted by Crippen LogP contribution is -2.32. The van der Waals surface area contributed by atoms with Crippen molar-refractivity contribution in [2.24, 2.45) is 0 Å². The Kier molecular flexibility index (Phi) is 4.79. The van der Waals surface area contributed by atoms with Gasteiger partial charge in [-0.3, -0.25) is 9.59 Å². The average molecular weight is 324 g/mol. The number of hydrogen-bond donors (Lipinski definition) is 2. The van der Waals surface area contributed by atoms with E-state index in [1.807, 2.05) is 24.3 Å². The first kappa shape index (κ1) is 16.1. The number of carbonyl (C=O) groups excluding carboxylic acids is 2. The van der Waals surface area contributed by atoms with Gasteiger partial charge in [-0.1, -0.05) is 31.2 Å². The molecule has 1 aliphatic rings. The van der Waals surface area contributed by atoms with E-state index in [4.69, 9.17) is 4.74 Å². The lowest BCUT2D eigenvalue weighted by molar-refractivity contribution is -0.115. The molecule has 1 aliphatic heterocycles. The van der Waals surface area contributed by atoms with Crippen LogP contribution in [0.2, 0.25) is 0 Å². The average Bonchev–Trinajstić information content (AvgIpc) is 2.62. The molecule has 2 amide bonds. The fourth-order valence-electron chi connectivity index (χ4n) is 2.72. The van der Waals surface area contributed by atoms with Crippen LogP contribution in [0.3, 0.4) is 0 Å². The Bertz CT molecular complexity index is 758. The van der Waals surface area contributed by atoms with Gasteiger partial charge < -0.3 is 15.4 Å². The van der Waals surface area contributed by atoms with Gasteiger partial charge in [-0.2, -0.15) is 0 Å². The van der Waals surface area contributed by atoms with E-state index >= 15 is 0 Å². The second-order valence-electron chi connectivity index (χ2n) is 5.68. The zero-order valence-corrected chi connectivity index (χ0v) is 13.5. The van der Waals surface area contributed by atoms with Gasteiger partial charge in [0.2, 0.25) is 5.91 Å². The zero-order chi connectivity index (χ0) is 16.9. The van der Waals surface area contributed by atoms with Crippen LogP contribution >= 0.6 is 0 Å².